The largest absolute Gasteiger partial charge is 0.356 e. The van der Waals surface area contributed by atoms with Crippen molar-refractivity contribution in [3.8, 4) is 0 Å². The monoisotopic (exact) mass is 196 g/mol. The summed E-state index contributed by atoms with van der Waals surface area (Å²) in [7, 11) is 0. The minimum Gasteiger partial charge on any atom is -0.356 e. The molecule has 3 N–H and O–H groups in total. The van der Waals surface area contributed by atoms with Gasteiger partial charge in [-0.1, -0.05) is 6.08 Å². The Kier molecular flexibility index (Phi) is 4.66. The van der Waals surface area contributed by atoms with Gasteiger partial charge < -0.3 is 11.1 Å². The second-order valence-electron chi connectivity index (χ2n) is 3.98. The van der Waals surface area contributed by atoms with Crippen LogP contribution in [0.1, 0.15) is 32.1 Å². The van der Waals surface area contributed by atoms with E-state index in [9.17, 15) is 4.79 Å². The maximum absolute atomic E-state index is 11.6. The molecule has 0 radical (unpaired) electrons. The van der Waals surface area contributed by atoms with E-state index < -0.39 is 0 Å². The van der Waals surface area contributed by atoms with Crippen molar-refractivity contribution in [3.63, 3.8) is 0 Å². The Balaban J connectivity index is 2.20. The van der Waals surface area contributed by atoms with Crippen molar-refractivity contribution in [3.05, 3.63) is 12.7 Å². The Labute approximate surface area is 85.7 Å². The van der Waals surface area contributed by atoms with E-state index in [1.54, 1.807) is 0 Å². The van der Waals surface area contributed by atoms with E-state index in [0.29, 0.717) is 12.6 Å². The maximum Gasteiger partial charge on any atom is 0.223 e. The van der Waals surface area contributed by atoms with Crippen LogP contribution in [0.25, 0.3) is 0 Å². The number of nitrogens with two attached hydrogens (primary N) is 1. The topological polar surface area (TPSA) is 55.1 Å². The van der Waals surface area contributed by atoms with Crippen molar-refractivity contribution in [1.29, 1.82) is 0 Å². The zero-order valence-corrected chi connectivity index (χ0v) is 8.67. The standard InChI is InChI=1S/C11H20N2O/c1-2-3-8-13-11(14)9-4-6-10(12)7-5-9/h2,9-10H,1,3-8,12H2,(H,13,14). The Bertz CT molecular complexity index is 195. The highest BCUT2D eigenvalue weighted by atomic mass is 16.1. The fourth-order valence-electron chi connectivity index (χ4n) is 1.82. The van der Waals surface area contributed by atoms with Gasteiger partial charge in [0, 0.05) is 18.5 Å². The normalized spacial score (nSPS) is 26.9. The molecular formula is C11H20N2O. The third-order valence-electron chi connectivity index (χ3n) is 2.79. The van der Waals surface area contributed by atoms with Crippen LogP contribution in [0.5, 0.6) is 0 Å². The summed E-state index contributed by atoms with van der Waals surface area (Å²) in [5, 5.41) is 2.92. The van der Waals surface area contributed by atoms with Gasteiger partial charge in [0.1, 0.15) is 0 Å². The van der Waals surface area contributed by atoms with E-state index >= 15 is 0 Å². The number of hydrogen-bond acceptors (Lipinski definition) is 2. The Hall–Kier alpha value is -0.830. The van der Waals surface area contributed by atoms with E-state index in [4.69, 9.17) is 5.73 Å². The van der Waals surface area contributed by atoms with E-state index in [1.165, 1.54) is 0 Å². The SMILES string of the molecule is C=CCCNC(=O)C1CCC(N)CC1. The van der Waals surface area contributed by atoms with Crippen molar-refractivity contribution in [2.45, 2.75) is 38.1 Å². The molecule has 0 bridgehead atoms. The highest BCUT2D eigenvalue weighted by molar-refractivity contribution is 5.78. The van der Waals surface area contributed by atoms with Crippen LogP contribution < -0.4 is 11.1 Å². The van der Waals surface area contributed by atoms with Gasteiger partial charge in [-0.2, -0.15) is 0 Å². The van der Waals surface area contributed by atoms with Crippen LogP contribution in [0.4, 0.5) is 0 Å². The summed E-state index contributed by atoms with van der Waals surface area (Å²) >= 11 is 0. The number of rotatable bonds is 4. The fourth-order valence-corrected chi connectivity index (χ4v) is 1.82. The van der Waals surface area contributed by atoms with Gasteiger partial charge in [-0.15, -0.1) is 6.58 Å². The molecule has 0 atom stereocenters. The van der Waals surface area contributed by atoms with E-state index in [0.717, 1.165) is 32.1 Å². The highest BCUT2D eigenvalue weighted by Gasteiger charge is 2.23. The van der Waals surface area contributed by atoms with Crippen LogP contribution >= 0.6 is 0 Å². The smallest absolute Gasteiger partial charge is 0.223 e. The first-order valence-corrected chi connectivity index (χ1v) is 5.38. The van der Waals surface area contributed by atoms with Gasteiger partial charge in [0.15, 0.2) is 0 Å². The summed E-state index contributed by atoms with van der Waals surface area (Å²) in [6, 6.07) is 0.312. The minimum absolute atomic E-state index is 0.193. The summed E-state index contributed by atoms with van der Waals surface area (Å²) in [5.41, 5.74) is 5.77. The zero-order valence-electron chi connectivity index (χ0n) is 8.67. The fraction of sp³-hybridized carbons (Fsp3) is 0.727. The summed E-state index contributed by atoms with van der Waals surface area (Å²) in [6.07, 6.45) is 6.52. The number of amides is 1. The van der Waals surface area contributed by atoms with E-state index in [1.807, 2.05) is 6.08 Å². The first-order chi connectivity index (χ1) is 6.74. The Morgan fingerprint density at radius 2 is 2.07 bits per heavy atom. The molecule has 0 saturated heterocycles. The molecule has 80 valence electrons. The molecule has 1 saturated carbocycles. The number of carbonyl (C=O) groups is 1. The molecule has 0 unspecified atom stereocenters. The average Bonchev–Trinajstić information content (AvgIpc) is 2.19. The average molecular weight is 196 g/mol. The van der Waals surface area contributed by atoms with E-state index in [-0.39, 0.29) is 11.8 Å². The van der Waals surface area contributed by atoms with Gasteiger partial charge in [-0.25, -0.2) is 0 Å². The summed E-state index contributed by atoms with van der Waals surface area (Å²) in [6.45, 7) is 4.33. The first-order valence-electron chi connectivity index (χ1n) is 5.38. The van der Waals surface area contributed by atoms with E-state index in [2.05, 4.69) is 11.9 Å². The van der Waals surface area contributed by atoms with Crippen molar-refractivity contribution in [2.75, 3.05) is 6.54 Å². The van der Waals surface area contributed by atoms with Gasteiger partial charge in [0.2, 0.25) is 5.91 Å². The Morgan fingerprint density at radius 3 is 2.64 bits per heavy atom. The lowest BCUT2D eigenvalue weighted by Crippen LogP contribution is -2.36. The molecule has 0 aromatic rings. The lowest BCUT2D eigenvalue weighted by molar-refractivity contribution is -0.125. The number of carbonyl (C=O) groups excluding carboxylic acids is 1. The molecule has 1 rings (SSSR count). The van der Waals surface area contributed by atoms with Gasteiger partial charge in [-0.3, -0.25) is 4.79 Å². The van der Waals surface area contributed by atoms with Crippen LogP contribution in [0.2, 0.25) is 0 Å². The Morgan fingerprint density at radius 1 is 1.43 bits per heavy atom. The number of nitrogens with one attached hydrogen (secondary N) is 1. The minimum atomic E-state index is 0.193. The van der Waals surface area contributed by atoms with Crippen molar-refractivity contribution >= 4 is 5.91 Å². The summed E-state index contributed by atoms with van der Waals surface area (Å²) in [5.74, 6) is 0.387. The van der Waals surface area contributed by atoms with Crippen LogP contribution in [0, 0.1) is 5.92 Å². The van der Waals surface area contributed by atoms with Crippen molar-refractivity contribution in [1.82, 2.24) is 5.32 Å². The van der Waals surface area contributed by atoms with Crippen LogP contribution in [-0.2, 0) is 4.79 Å². The van der Waals surface area contributed by atoms with Crippen LogP contribution in [-0.4, -0.2) is 18.5 Å². The van der Waals surface area contributed by atoms with Gasteiger partial charge in [0.25, 0.3) is 0 Å². The molecule has 1 fully saturated rings. The molecule has 0 aliphatic heterocycles. The van der Waals surface area contributed by atoms with Gasteiger partial charge >= 0.3 is 0 Å². The molecule has 0 spiro atoms. The molecule has 1 aliphatic rings. The van der Waals surface area contributed by atoms with Crippen LogP contribution in [0.3, 0.4) is 0 Å². The predicted molar refractivity (Wildman–Crippen MR) is 57.8 cm³/mol. The molecule has 0 heterocycles. The quantitative estimate of drug-likeness (QED) is 0.524. The summed E-state index contributed by atoms with van der Waals surface area (Å²) in [4.78, 5) is 11.6. The zero-order chi connectivity index (χ0) is 10.4. The molecular weight excluding hydrogens is 176 g/mol. The first kappa shape index (κ1) is 11.2. The molecule has 1 aliphatic carbocycles. The molecule has 0 aromatic heterocycles. The lowest BCUT2D eigenvalue weighted by Gasteiger charge is -2.25. The molecule has 3 heteroatoms. The predicted octanol–water partition coefficient (Wildman–Crippen LogP) is 1.20. The second kappa shape index (κ2) is 5.81. The molecule has 0 aromatic carbocycles. The van der Waals surface area contributed by atoms with Gasteiger partial charge in [0.05, 0.1) is 0 Å². The third-order valence-corrected chi connectivity index (χ3v) is 2.79. The lowest BCUT2D eigenvalue weighted by atomic mass is 9.86. The van der Waals surface area contributed by atoms with Crippen molar-refractivity contribution < 1.29 is 4.79 Å². The third kappa shape index (κ3) is 3.50. The maximum atomic E-state index is 11.6. The molecule has 14 heavy (non-hydrogen) atoms. The van der Waals surface area contributed by atoms with Crippen molar-refractivity contribution in [2.24, 2.45) is 11.7 Å². The molecule has 3 nitrogen and oxygen atoms in total. The number of hydrogen-bond donors (Lipinski definition) is 2. The van der Waals surface area contributed by atoms with Gasteiger partial charge in [-0.05, 0) is 32.1 Å². The summed E-state index contributed by atoms with van der Waals surface area (Å²) < 4.78 is 0. The highest BCUT2D eigenvalue weighted by Crippen LogP contribution is 2.22. The van der Waals surface area contributed by atoms with Crippen LogP contribution in [0.15, 0.2) is 12.7 Å². The second-order valence-corrected chi connectivity index (χ2v) is 3.98. The molecule has 1 amide bonds.